The maximum Gasteiger partial charge on any atom is 0.196 e. The normalized spacial score (nSPS) is 11.0. The molecule has 0 unspecified atom stereocenters. The molecule has 0 N–H and O–H groups in total. The molecule has 2 rings (SSSR count). The highest BCUT2D eigenvalue weighted by molar-refractivity contribution is 5.57. The minimum absolute atomic E-state index is 0.866. The number of aromatic nitrogens is 1. The first-order valence-corrected chi connectivity index (χ1v) is 6.79. The molecule has 0 saturated heterocycles. The highest BCUT2D eigenvalue weighted by Crippen LogP contribution is 2.25. The molecule has 0 fully saturated rings. The highest BCUT2D eigenvalue weighted by Gasteiger charge is 2.02. The zero-order chi connectivity index (χ0) is 14.5. The Balaban J connectivity index is 2.22. The topological polar surface area (TPSA) is 31.8 Å². The van der Waals surface area contributed by atoms with Gasteiger partial charge in [-0.15, -0.1) is 5.11 Å². The fourth-order valence-electron chi connectivity index (χ4n) is 1.91. The van der Waals surface area contributed by atoms with E-state index in [1.807, 2.05) is 44.7 Å². The van der Waals surface area contributed by atoms with E-state index in [2.05, 4.69) is 45.7 Å². The molecule has 2 aromatic rings. The summed E-state index contributed by atoms with van der Waals surface area (Å²) < 4.78 is 2.08. The van der Waals surface area contributed by atoms with Crippen LogP contribution < -0.4 is 9.47 Å². The van der Waals surface area contributed by atoms with Gasteiger partial charge in [0.1, 0.15) is 12.2 Å². The van der Waals surface area contributed by atoms with Crippen molar-refractivity contribution in [2.45, 2.75) is 20.4 Å². The second kappa shape index (κ2) is 6.28. The van der Waals surface area contributed by atoms with E-state index in [1.54, 1.807) is 0 Å². The summed E-state index contributed by atoms with van der Waals surface area (Å²) in [6.45, 7) is 5.09. The summed E-state index contributed by atoms with van der Waals surface area (Å²) in [6, 6.07) is 10.1. The zero-order valence-electron chi connectivity index (χ0n) is 12.5. The van der Waals surface area contributed by atoms with Gasteiger partial charge in [0, 0.05) is 25.8 Å². The maximum absolute atomic E-state index is 4.35. The van der Waals surface area contributed by atoms with Crippen molar-refractivity contribution in [3.05, 3.63) is 48.3 Å². The van der Waals surface area contributed by atoms with Gasteiger partial charge in [0.2, 0.25) is 0 Å². The van der Waals surface area contributed by atoms with Gasteiger partial charge >= 0.3 is 0 Å². The number of anilines is 1. The van der Waals surface area contributed by atoms with Crippen LogP contribution in [0.1, 0.15) is 12.5 Å². The van der Waals surface area contributed by atoms with Crippen molar-refractivity contribution in [2.75, 3.05) is 19.0 Å². The van der Waals surface area contributed by atoms with E-state index in [0.717, 1.165) is 23.5 Å². The second-order valence-electron chi connectivity index (χ2n) is 4.96. The molecule has 0 aliphatic rings. The molecular weight excluding hydrogens is 248 g/mol. The molecule has 0 aliphatic heterocycles. The first kappa shape index (κ1) is 14.2. The average Bonchev–Trinajstić information content (AvgIpc) is 2.46. The molecule has 0 saturated carbocycles. The maximum atomic E-state index is 4.35. The fraction of sp³-hybridized carbons (Fsp3) is 0.312. The molecule has 4 nitrogen and oxygen atoms in total. The number of nitrogens with zero attached hydrogens (tertiary/aromatic N) is 4. The van der Waals surface area contributed by atoms with Crippen LogP contribution in [0.4, 0.5) is 17.1 Å². The van der Waals surface area contributed by atoms with Crippen LogP contribution in [0.15, 0.2) is 53.0 Å². The largest absolute Gasteiger partial charge is 0.378 e. The number of hydrogen-bond acceptors (Lipinski definition) is 3. The lowest BCUT2D eigenvalue weighted by atomic mass is 10.2. The first-order valence-electron chi connectivity index (χ1n) is 6.79. The van der Waals surface area contributed by atoms with Crippen molar-refractivity contribution >= 4 is 17.1 Å². The van der Waals surface area contributed by atoms with Gasteiger partial charge < -0.3 is 4.90 Å². The zero-order valence-corrected chi connectivity index (χ0v) is 12.5. The molecular formula is C16H21N4+. The van der Waals surface area contributed by atoms with E-state index in [1.165, 1.54) is 5.69 Å². The van der Waals surface area contributed by atoms with Gasteiger partial charge in [-0.05, 0) is 43.7 Å². The highest BCUT2D eigenvalue weighted by atomic mass is 15.1. The molecule has 1 heterocycles. The molecule has 1 aromatic carbocycles. The molecule has 0 radical (unpaired) electrons. The van der Waals surface area contributed by atoms with E-state index in [9.17, 15) is 0 Å². The van der Waals surface area contributed by atoms with Gasteiger partial charge in [0.15, 0.2) is 12.4 Å². The predicted octanol–water partition coefficient (Wildman–Crippen LogP) is 3.78. The van der Waals surface area contributed by atoms with Gasteiger partial charge in [0.05, 0.1) is 5.69 Å². The number of azo groups is 1. The Kier molecular flexibility index (Phi) is 4.45. The van der Waals surface area contributed by atoms with Crippen molar-refractivity contribution in [1.82, 2.24) is 0 Å². The van der Waals surface area contributed by atoms with E-state index in [4.69, 9.17) is 0 Å². The van der Waals surface area contributed by atoms with E-state index in [0.29, 0.717) is 0 Å². The fourth-order valence-corrected chi connectivity index (χ4v) is 1.91. The van der Waals surface area contributed by atoms with Crippen molar-refractivity contribution in [2.24, 2.45) is 10.2 Å². The predicted molar refractivity (Wildman–Crippen MR) is 82.0 cm³/mol. The third-order valence-electron chi connectivity index (χ3n) is 3.18. The Morgan fingerprint density at radius 2 is 1.95 bits per heavy atom. The van der Waals surface area contributed by atoms with Crippen molar-refractivity contribution in [3.63, 3.8) is 0 Å². The van der Waals surface area contributed by atoms with Crippen LogP contribution in [0.5, 0.6) is 0 Å². The summed E-state index contributed by atoms with van der Waals surface area (Å²) in [6.07, 6.45) is 4.02. The third-order valence-corrected chi connectivity index (χ3v) is 3.18. The van der Waals surface area contributed by atoms with Crippen molar-refractivity contribution < 1.29 is 4.57 Å². The summed E-state index contributed by atoms with van der Waals surface area (Å²) in [4.78, 5) is 2.08. The van der Waals surface area contributed by atoms with Gasteiger partial charge in [-0.2, -0.15) is 5.11 Å². The van der Waals surface area contributed by atoms with Crippen LogP contribution >= 0.6 is 0 Å². The smallest absolute Gasteiger partial charge is 0.196 e. The Hall–Kier alpha value is -2.23. The van der Waals surface area contributed by atoms with Crippen LogP contribution in [0.3, 0.4) is 0 Å². The minimum Gasteiger partial charge on any atom is -0.378 e. The van der Waals surface area contributed by atoms with E-state index < -0.39 is 0 Å². The average molecular weight is 269 g/mol. The molecule has 20 heavy (non-hydrogen) atoms. The minimum atomic E-state index is 0.866. The van der Waals surface area contributed by atoms with Crippen LogP contribution in [-0.2, 0) is 6.54 Å². The van der Waals surface area contributed by atoms with Crippen molar-refractivity contribution in [1.29, 1.82) is 0 Å². The Morgan fingerprint density at radius 1 is 1.15 bits per heavy atom. The number of aryl methyl sites for hydroxylation is 2. The molecule has 0 amide bonds. The molecule has 104 valence electrons. The van der Waals surface area contributed by atoms with Crippen LogP contribution in [-0.4, -0.2) is 14.1 Å². The SMILES string of the molecule is CC[n+]1cccc(N=Nc2ccc(N(C)C)cc2C)c1. The Morgan fingerprint density at radius 3 is 2.60 bits per heavy atom. The van der Waals surface area contributed by atoms with E-state index >= 15 is 0 Å². The number of pyridine rings is 1. The monoisotopic (exact) mass is 269 g/mol. The summed E-state index contributed by atoms with van der Waals surface area (Å²) in [5.41, 5.74) is 4.07. The first-order chi connectivity index (χ1) is 9.60. The Labute approximate surface area is 120 Å². The molecule has 1 aromatic heterocycles. The quantitative estimate of drug-likeness (QED) is 0.614. The van der Waals surface area contributed by atoms with Gasteiger partial charge in [-0.25, -0.2) is 4.57 Å². The van der Waals surface area contributed by atoms with Crippen molar-refractivity contribution in [3.8, 4) is 0 Å². The van der Waals surface area contributed by atoms with Gasteiger partial charge in [0.25, 0.3) is 0 Å². The van der Waals surface area contributed by atoms with Crippen LogP contribution in [0.2, 0.25) is 0 Å². The number of benzene rings is 1. The lowest BCUT2D eigenvalue weighted by Gasteiger charge is -2.13. The molecule has 4 heteroatoms. The number of rotatable bonds is 4. The standard InChI is InChI=1S/C16H21N4/c1-5-20-10-6-7-14(12-20)17-18-16-9-8-15(19(3)4)11-13(16)2/h6-12H,5H2,1-4H3/q+1. The van der Waals surface area contributed by atoms with Gasteiger partial charge in [-0.1, -0.05) is 0 Å². The Bertz CT molecular complexity index is 618. The molecule has 0 atom stereocenters. The lowest BCUT2D eigenvalue weighted by Crippen LogP contribution is -2.30. The van der Waals surface area contributed by atoms with Crippen LogP contribution in [0, 0.1) is 6.92 Å². The molecule has 0 aliphatic carbocycles. The number of hydrogen-bond donors (Lipinski definition) is 0. The molecule has 0 spiro atoms. The summed E-state index contributed by atoms with van der Waals surface area (Å²) in [5.74, 6) is 0. The van der Waals surface area contributed by atoms with E-state index in [-0.39, 0.29) is 0 Å². The second-order valence-corrected chi connectivity index (χ2v) is 4.96. The summed E-state index contributed by atoms with van der Waals surface area (Å²) in [5, 5.41) is 8.66. The summed E-state index contributed by atoms with van der Waals surface area (Å²) in [7, 11) is 4.06. The van der Waals surface area contributed by atoms with Gasteiger partial charge in [-0.3, -0.25) is 0 Å². The molecule has 0 bridgehead atoms. The summed E-state index contributed by atoms with van der Waals surface area (Å²) >= 11 is 0. The van der Waals surface area contributed by atoms with Crippen LogP contribution in [0.25, 0.3) is 0 Å². The lowest BCUT2D eigenvalue weighted by molar-refractivity contribution is -0.693. The third kappa shape index (κ3) is 3.41.